The standard InChI is InChI=1S/C48H45N12O3/c1-2-5-40-35(4-1)54-46(57-20-13-49-14-21-57)33-28-36(53-29-44(33)63-40)31-7-9-41-37(26-31)55-47(58-22-15-50-16-23-58)34-30-60(19-11-39(34)61-41)32-8-10-42-38(27-32)56-48(59-24-17-51-18-25-59)45-43(62-42)6-3-12-52-45/h1-12,19,26-30,49-51H,13-18,20-25H2/q+1. The summed E-state index contributed by atoms with van der Waals surface area (Å²) in [7, 11) is 0. The molecule has 9 heterocycles. The summed E-state index contributed by atoms with van der Waals surface area (Å²) in [5, 5.41) is 10.4. The number of aliphatic imine (C=N–C) groups is 3. The topological polar surface area (TPSA) is 140 Å². The maximum absolute atomic E-state index is 6.77. The Hall–Kier alpha value is -7.20. The van der Waals surface area contributed by atoms with Crippen LogP contribution >= 0.6 is 0 Å². The second-order valence-corrected chi connectivity index (χ2v) is 16.2. The molecule has 0 amide bonds. The van der Waals surface area contributed by atoms with Crippen LogP contribution in [0.4, 0.5) is 17.1 Å². The quantitative estimate of drug-likeness (QED) is 0.186. The third-order valence-corrected chi connectivity index (χ3v) is 12.2. The maximum Gasteiger partial charge on any atom is 0.213 e. The molecule has 3 fully saturated rings. The molecule has 0 atom stereocenters. The lowest BCUT2D eigenvalue weighted by molar-refractivity contribution is -0.595. The molecule has 0 unspecified atom stereocenters. The zero-order valence-electron chi connectivity index (χ0n) is 34.6. The van der Waals surface area contributed by atoms with Crippen LogP contribution in [0.15, 0.2) is 125 Å². The first-order valence-corrected chi connectivity index (χ1v) is 21.7. The van der Waals surface area contributed by atoms with Crippen molar-refractivity contribution in [3.63, 3.8) is 0 Å². The van der Waals surface area contributed by atoms with E-state index in [2.05, 4.69) is 71.7 Å². The molecule has 15 heteroatoms. The van der Waals surface area contributed by atoms with Crippen molar-refractivity contribution in [2.24, 2.45) is 15.0 Å². The van der Waals surface area contributed by atoms with Gasteiger partial charge in [-0.15, -0.1) is 0 Å². The second kappa shape index (κ2) is 15.9. The zero-order valence-corrected chi connectivity index (χ0v) is 34.6. The molecule has 6 aliphatic rings. The summed E-state index contributed by atoms with van der Waals surface area (Å²) in [6.45, 7) is 10.2. The van der Waals surface area contributed by atoms with Gasteiger partial charge in [-0.1, -0.05) is 12.1 Å². The molecule has 15 nitrogen and oxygen atoms in total. The fourth-order valence-corrected chi connectivity index (χ4v) is 8.93. The minimum atomic E-state index is 0.671. The summed E-state index contributed by atoms with van der Waals surface area (Å²) in [6, 6.07) is 28.1. The van der Waals surface area contributed by atoms with E-state index in [0.717, 1.165) is 153 Å². The molecular formula is C48H45N12O3+. The first kappa shape index (κ1) is 37.6. The van der Waals surface area contributed by atoms with Crippen molar-refractivity contribution in [3.05, 3.63) is 127 Å². The van der Waals surface area contributed by atoms with E-state index < -0.39 is 0 Å². The van der Waals surface area contributed by atoms with Gasteiger partial charge in [0.15, 0.2) is 52.7 Å². The summed E-state index contributed by atoms with van der Waals surface area (Å²) in [5.41, 5.74) is 7.44. The van der Waals surface area contributed by atoms with Gasteiger partial charge >= 0.3 is 0 Å². The van der Waals surface area contributed by atoms with E-state index in [-0.39, 0.29) is 0 Å². The number of piperazine rings is 3. The van der Waals surface area contributed by atoms with Gasteiger partial charge in [-0.05, 0) is 54.6 Å². The van der Waals surface area contributed by atoms with Crippen LogP contribution in [-0.2, 0) is 0 Å². The number of ether oxygens (including phenoxy) is 3. The summed E-state index contributed by atoms with van der Waals surface area (Å²) >= 11 is 0. The molecule has 0 aliphatic carbocycles. The van der Waals surface area contributed by atoms with Crippen molar-refractivity contribution in [2.75, 3.05) is 78.5 Å². The molecule has 3 aromatic carbocycles. The minimum absolute atomic E-state index is 0.671. The highest BCUT2D eigenvalue weighted by molar-refractivity contribution is 6.05. The van der Waals surface area contributed by atoms with Gasteiger partial charge in [-0.3, -0.25) is 4.98 Å². The van der Waals surface area contributed by atoms with Gasteiger partial charge in [-0.2, -0.15) is 4.57 Å². The Labute approximate surface area is 364 Å². The monoisotopic (exact) mass is 837 g/mol. The molecule has 3 N–H and O–H groups in total. The molecule has 12 rings (SSSR count). The zero-order chi connectivity index (χ0) is 41.7. The van der Waals surface area contributed by atoms with Gasteiger partial charge in [-0.25, -0.2) is 20.0 Å². The van der Waals surface area contributed by atoms with E-state index in [1.807, 2.05) is 67.0 Å². The lowest BCUT2D eigenvalue weighted by Gasteiger charge is -2.30. The number of rotatable bonds is 2. The average molecular weight is 838 g/mol. The molecule has 0 saturated carbocycles. The average Bonchev–Trinajstić information content (AvgIpc) is 3.71. The Bertz CT molecular complexity index is 2860. The molecule has 0 radical (unpaired) electrons. The molecule has 3 aromatic heterocycles. The number of pyridine rings is 3. The predicted molar refractivity (Wildman–Crippen MR) is 240 cm³/mol. The number of hydrogen-bond acceptors (Lipinski definition) is 14. The van der Waals surface area contributed by atoms with Crippen LogP contribution in [0.25, 0.3) is 16.9 Å². The van der Waals surface area contributed by atoms with Crippen molar-refractivity contribution in [2.45, 2.75) is 0 Å². The first-order valence-electron chi connectivity index (χ1n) is 21.7. The molecule has 0 bridgehead atoms. The fraction of sp³-hybridized carbons (Fsp3) is 0.250. The Balaban J connectivity index is 0.922. The minimum Gasteiger partial charge on any atom is -0.454 e. The predicted octanol–water partition coefficient (Wildman–Crippen LogP) is 5.69. The van der Waals surface area contributed by atoms with Gasteiger partial charge in [0, 0.05) is 108 Å². The van der Waals surface area contributed by atoms with Gasteiger partial charge in [0.2, 0.25) is 5.69 Å². The molecule has 63 heavy (non-hydrogen) atoms. The summed E-state index contributed by atoms with van der Waals surface area (Å²) in [5.74, 6) is 6.72. The highest BCUT2D eigenvalue weighted by Gasteiger charge is 2.31. The Morgan fingerprint density at radius 3 is 1.87 bits per heavy atom. The van der Waals surface area contributed by atoms with Gasteiger partial charge < -0.3 is 44.9 Å². The van der Waals surface area contributed by atoms with Crippen LogP contribution in [0.5, 0.6) is 34.5 Å². The Morgan fingerprint density at radius 2 is 1.10 bits per heavy atom. The highest BCUT2D eigenvalue weighted by atomic mass is 16.5. The first-order chi connectivity index (χ1) is 31.2. The number of benzene rings is 3. The molecule has 6 aliphatic heterocycles. The van der Waals surface area contributed by atoms with Crippen LogP contribution in [0, 0.1) is 0 Å². The smallest absolute Gasteiger partial charge is 0.213 e. The van der Waals surface area contributed by atoms with Crippen LogP contribution in [0.2, 0.25) is 0 Å². The Kier molecular flexibility index (Phi) is 9.49. The fourth-order valence-electron chi connectivity index (χ4n) is 8.93. The van der Waals surface area contributed by atoms with Gasteiger partial charge in [0.1, 0.15) is 40.0 Å². The number of nitrogens with zero attached hydrogens (tertiary/aromatic N) is 9. The number of aromatic nitrogens is 3. The molecule has 314 valence electrons. The maximum atomic E-state index is 6.77. The van der Waals surface area contributed by atoms with Gasteiger partial charge in [0.25, 0.3) is 0 Å². The van der Waals surface area contributed by atoms with E-state index in [4.69, 9.17) is 39.2 Å². The number of fused-ring (bicyclic) bond motifs is 6. The molecule has 6 aromatic rings. The second-order valence-electron chi connectivity index (χ2n) is 16.2. The number of hydrogen-bond donors (Lipinski definition) is 3. The molecule has 0 spiro atoms. The number of amidine groups is 3. The normalized spacial score (nSPS) is 17.8. The van der Waals surface area contributed by atoms with E-state index in [1.54, 1.807) is 6.20 Å². The van der Waals surface area contributed by atoms with Crippen molar-refractivity contribution >= 4 is 34.6 Å². The van der Waals surface area contributed by atoms with E-state index in [9.17, 15) is 0 Å². The number of nitrogens with one attached hydrogen (secondary N) is 3. The Morgan fingerprint density at radius 1 is 0.492 bits per heavy atom. The van der Waals surface area contributed by atoms with Crippen LogP contribution < -0.4 is 34.7 Å². The summed E-state index contributed by atoms with van der Waals surface area (Å²) < 4.78 is 21.8. The van der Waals surface area contributed by atoms with Crippen LogP contribution in [-0.4, -0.2) is 121 Å². The summed E-state index contributed by atoms with van der Waals surface area (Å²) in [6.07, 6.45) is 7.76. The van der Waals surface area contributed by atoms with E-state index in [1.165, 1.54) is 0 Å². The van der Waals surface area contributed by atoms with Crippen molar-refractivity contribution < 1.29 is 18.8 Å². The SMILES string of the molecule is c1ccc2c(c1)N=C(N1CCNCC1)c1cc(-c3ccc4c(c3)N=C(N3CCNCC3)c3c[n+](-c5ccc6c(c5)N=C(N5CCNCC5)c5ncccc5O6)ccc3O4)ncc1O2. The van der Waals surface area contributed by atoms with Crippen LogP contribution in [0.3, 0.4) is 0 Å². The third kappa shape index (κ3) is 7.09. The largest absolute Gasteiger partial charge is 0.454 e. The van der Waals surface area contributed by atoms with E-state index in [0.29, 0.717) is 28.7 Å². The van der Waals surface area contributed by atoms with Crippen LogP contribution in [0.1, 0.15) is 16.8 Å². The van der Waals surface area contributed by atoms with Crippen molar-refractivity contribution in [3.8, 4) is 51.4 Å². The van der Waals surface area contributed by atoms with Crippen molar-refractivity contribution in [1.82, 2.24) is 40.6 Å². The van der Waals surface area contributed by atoms with Gasteiger partial charge in [0.05, 0.1) is 17.5 Å². The lowest BCUT2D eigenvalue weighted by atomic mass is 10.1. The third-order valence-electron chi connectivity index (χ3n) is 12.2. The number of para-hydroxylation sites is 2. The van der Waals surface area contributed by atoms with E-state index >= 15 is 0 Å². The highest BCUT2D eigenvalue weighted by Crippen LogP contribution is 2.43. The summed E-state index contributed by atoms with van der Waals surface area (Å²) in [4.78, 5) is 32.5. The molecular weight excluding hydrogens is 793 g/mol. The van der Waals surface area contributed by atoms with Crippen molar-refractivity contribution in [1.29, 1.82) is 0 Å². The lowest BCUT2D eigenvalue weighted by Crippen LogP contribution is -2.47. The molecule has 3 saturated heterocycles.